The summed E-state index contributed by atoms with van der Waals surface area (Å²) in [4.78, 5) is 13.7. The molecule has 0 saturated carbocycles. The number of furan rings is 2. The SMILES string of the molecule is COc1ccc(CN(Cc2ccco2)C(=O)c2ccco2)cc1OS(=O)(=O)c1cccc(C(F)(F)F)c1. The Hall–Kier alpha value is -4.19. The molecule has 2 heterocycles. The van der Waals surface area contributed by atoms with E-state index in [-0.39, 0.29) is 30.3 Å². The molecule has 0 aliphatic rings. The molecule has 8 nitrogen and oxygen atoms in total. The molecular formula is C25H20F3NO7S. The minimum absolute atomic E-state index is 0.00973. The van der Waals surface area contributed by atoms with Crippen molar-refractivity contribution in [2.45, 2.75) is 24.2 Å². The summed E-state index contributed by atoms with van der Waals surface area (Å²) in [5.41, 5.74) is -0.690. The fourth-order valence-electron chi connectivity index (χ4n) is 3.45. The molecule has 12 heteroatoms. The summed E-state index contributed by atoms with van der Waals surface area (Å²) in [6.45, 7) is 0.0709. The Kier molecular flexibility index (Phi) is 7.30. The number of carbonyl (C=O) groups is 1. The largest absolute Gasteiger partial charge is 0.493 e. The predicted octanol–water partition coefficient (Wildman–Crippen LogP) is 5.51. The van der Waals surface area contributed by atoms with Crippen LogP contribution in [-0.2, 0) is 29.4 Å². The van der Waals surface area contributed by atoms with Crippen molar-refractivity contribution < 1.29 is 44.1 Å². The van der Waals surface area contributed by atoms with E-state index in [0.29, 0.717) is 17.4 Å². The van der Waals surface area contributed by atoms with E-state index in [1.54, 1.807) is 24.3 Å². The summed E-state index contributed by atoms with van der Waals surface area (Å²) < 4.78 is 85.8. The third-order valence-electron chi connectivity index (χ3n) is 5.20. The van der Waals surface area contributed by atoms with Gasteiger partial charge in [0.05, 0.1) is 31.7 Å². The number of methoxy groups -OCH3 is 1. The van der Waals surface area contributed by atoms with E-state index in [0.717, 1.165) is 18.2 Å². The summed E-state index contributed by atoms with van der Waals surface area (Å²) in [5, 5.41) is 0. The predicted molar refractivity (Wildman–Crippen MR) is 123 cm³/mol. The molecule has 0 saturated heterocycles. The smallest absolute Gasteiger partial charge is 0.416 e. The van der Waals surface area contributed by atoms with Gasteiger partial charge in [-0.25, -0.2) is 0 Å². The first-order chi connectivity index (χ1) is 17.6. The number of halogens is 3. The van der Waals surface area contributed by atoms with Crippen molar-refractivity contribution in [2.75, 3.05) is 7.11 Å². The first-order valence-electron chi connectivity index (χ1n) is 10.7. The lowest BCUT2D eigenvalue weighted by Gasteiger charge is -2.21. The fourth-order valence-corrected chi connectivity index (χ4v) is 4.42. The molecule has 4 rings (SSSR count). The van der Waals surface area contributed by atoms with E-state index >= 15 is 0 Å². The molecule has 0 bridgehead atoms. The molecule has 4 aromatic rings. The van der Waals surface area contributed by atoms with Crippen LogP contribution < -0.4 is 8.92 Å². The van der Waals surface area contributed by atoms with Crippen LogP contribution in [0, 0.1) is 0 Å². The molecule has 0 aliphatic carbocycles. The Bertz CT molecular complexity index is 1460. The number of hydrogen-bond acceptors (Lipinski definition) is 7. The molecule has 1 amide bonds. The molecular weight excluding hydrogens is 515 g/mol. The van der Waals surface area contributed by atoms with Crippen LogP contribution in [0.15, 0.2) is 93.0 Å². The van der Waals surface area contributed by atoms with Gasteiger partial charge in [-0.1, -0.05) is 12.1 Å². The Morgan fingerprint density at radius 1 is 0.919 bits per heavy atom. The quantitative estimate of drug-likeness (QED) is 0.261. The maximum Gasteiger partial charge on any atom is 0.416 e. The van der Waals surface area contributed by atoms with Gasteiger partial charge in [-0.2, -0.15) is 21.6 Å². The van der Waals surface area contributed by atoms with Crippen molar-refractivity contribution in [2.24, 2.45) is 0 Å². The fraction of sp³-hybridized carbons (Fsp3) is 0.160. The van der Waals surface area contributed by atoms with Gasteiger partial charge in [-0.3, -0.25) is 4.79 Å². The highest BCUT2D eigenvalue weighted by Gasteiger charge is 2.32. The van der Waals surface area contributed by atoms with Crippen LogP contribution in [0.3, 0.4) is 0 Å². The molecule has 0 fully saturated rings. The maximum absolute atomic E-state index is 13.1. The second-order valence-electron chi connectivity index (χ2n) is 7.77. The number of ether oxygens (including phenoxy) is 1. The number of rotatable bonds is 9. The first kappa shape index (κ1) is 25.9. The van der Waals surface area contributed by atoms with E-state index in [2.05, 4.69) is 0 Å². The minimum atomic E-state index is -4.74. The number of amides is 1. The Labute approximate surface area is 209 Å². The zero-order valence-corrected chi connectivity index (χ0v) is 20.1. The Morgan fingerprint density at radius 2 is 1.68 bits per heavy atom. The van der Waals surface area contributed by atoms with Crippen molar-refractivity contribution in [3.8, 4) is 11.5 Å². The monoisotopic (exact) mass is 535 g/mol. The lowest BCUT2D eigenvalue weighted by atomic mass is 10.1. The lowest BCUT2D eigenvalue weighted by Crippen LogP contribution is -2.29. The van der Waals surface area contributed by atoms with Crippen molar-refractivity contribution in [3.05, 3.63) is 102 Å². The van der Waals surface area contributed by atoms with Gasteiger partial charge in [0.15, 0.2) is 17.3 Å². The standard InChI is InChI=1S/C25H20F3NO7S/c1-33-21-10-9-17(15-29(16-19-6-3-11-34-19)24(30)22-8-4-12-35-22)13-23(21)36-37(31,32)20-7-2-5-18(14-20)25(26,27)28/h2-14H,15-16H2,1H3. The van der Waals surface area contributed by atoms with Crippen LogP contribution in [0.4, 0.5) is 13.2 Å². The van der Waals surface area contributed by atoms with Crippen molar-refractivity contribution >= 4 is 16.0 Å². The summed E-state index contributed by atoms with van der Waals surface area (Å²) in [5.74, 6) is -0.105. The highest BCUT2D eigenvalue weighted by atomic mass is 32.2. The molecule has 0 aliphatic heterocycles. The molecule has 0 atom stereocenters. The molecule has 37 heavy (non-hydrogen) atoms. The Balaban J connectivity index is 1.63. The van der Waals surface area contributed by atoms with Gasteiger partial charge < -0.3 is 22.7 Å². The average molecular weight is 535 g/mol. The van der Waals surface area contributed by atoms with Crippen LogP contribution in [0.25, 0.3) is 0 Å². The summed E-state index contributed by atoms with van der Waals surface area (Å²) in [7, 11) is -3.38. The van der Waals surface area contributed by atoms with E-state index in [9.17, 15) is 26.4 Å². The van der Waals surface area contributed by atoms with E-state index in [4.69, 9.17) is 17.8 Å². The summed E-state index contributed by atoms with van der Waals surface area (Å²) in [6.07, 6.45) is -1.92. The Morgan fingerprint density at radius 3 is 2.32 bits per heavy atom. The highest BCUT2D eigenvalue weighted by molar-refractivity contribution is 7.87. The normalized spacial score (nSPS) is 11.8. The number of alkyl halides is 3. The highest BCUT2D eigenvalue weighted by Crippen LogP contribution is 2.34. The maximum atomic E-state index is 13.1. The zero-order chi connectivity index (χ0) is 26.6. The minimum Gasteiger partial charge on any atom is -0.493 e. The van der Waals surface area contributed by atoms with Gasteiger partial charge in [0, 0.05) is 6.54 Å². The van der Waals surface area contributed by atoms with Gasteiger partial charge in [0.1, 0.15) is 10.7 Å². The van der Waals surface area contributed by atoms with E-state index in [1.807, 2.05) is 0 Å². The molecule has 0 radical (unpaired) electrons. The zero-order valence-electron chi connectivity index (χ0n) is 19.3. The molecule has 0 spiro atoms. The average Bonchev–Trinajstić information content (AvgIpc) is 3.57. The lowest BCUT2D eigenvalue weighted by molar-refractivity contribution is -0.137. The van der Waals surface area contributed by atoms with Gasteiger partial charge in [-0.15, -0.1) is 0 Å². The van der Waals surface area contributed by atoms with Crippen LogP contribution in [0.1, 0.15) is 27.4 Å². The second-order valence-corrected chi connectivity index (χ2v) is 9.31. The van der Waals surface area contributed by atoms with Gasteiger partial charge >= 0.3 is 16.3 Å². The van der Waals surface area contributed by atoms with Crippen LogP contribution in [0.2, 0.25) is 0 Å². The van der Waals surface area contributed by atoms with Crippen LogP contribution in [0.5, 0.6) is 11.5 Å². The van der Waals surface area contributed by atoms with Crippen LogP contribution >= 0.6 is 0 Å². The molecule has 0 N–H and O–H groups in total. The number of hydrogen-bond donors (Lipinski definition) is 0. The molecule has 2 aromatic carbocycles. The first-order valence-corrected chi connectivity index (χ1v) is 12.1. The van der Waals surface area contributed by atoms with Gasteiger partial charge in [0.25, 0.3) is 5.91 Å². The van der Waals surface area contributed by atoms with E-state index < -0.39 is 32.7 Å². The van der Waals surface area contributed by atoms with Gasteiger partial charge in [-0.05, 0) is 60.2 Å². The number of nitrogens with zero attached hydrogens (tertiary/aromatic N) is 1. The summed E-state index contributed by atoms with van der Waals surface area (Å²) >= 11 is 0. The molecule has 2 aromatic heterocycles. The van der Waals surface area contributed by atoms with E-state index in [1.165, 1.54) is 42.7 Å². The van der Waals surface area contributed by atoms with Crippen LogP contribution in [-0.4, -0.2) is 26.3 Å². The second kappa shape index (κ2) is 10.4. The molecule has 194 valence electrons. The molecule has 0 unspecified atom stereocenters. The number of carbonyl (C=O) groups excluding carboxylic acids is 1. The third-order valence-corrected chi connectivity index (χ3v) is 6.43. The van der Waals surface area contributed by atoms with Crippen molar-refractivity contribution in [1.29, 1.82) is 0 Å². The third kappa shape index (κ3) is 6.15. The summed E-state index contributed by atoms with van der Waals surface area (Å²) in [6, 6.07) is 14.0. The van der Waals surface area contributed by atoms with Crippen molar-refractivity contribution in [1.82, 2.24) is 4.90 Å². The number of benzene rings is 2. The van der Waals surface area contributed by atoms with Gasteiger partial charge in [0.2, 0.25) is 0 Å². The van der Waals surface area contributed by atoms with Crippen molar-refractivity contribution in [3.63, 3.8) is 0 Å². The topological polar surface area (TPSA) is 99.2 Å².